The van der Waals surface area contributed by atoms with Gasteiger partial charge in [0.2, 0.25) is 0 Å². The summed E-state index contributed by atoms with van der Waals surface area (Å²) in [5.41, 5.74) is 0. The predicted molar refractivity (Wildman–Crippen MR) is 64.5 cm³/mol. The van der Waals surface area contributed by atoms with Crippen molar-refractivity contribution in [3.8, 4) is 0 Å². The molecule has 0 atom stereocenters. The molecule has 0 unspecified atom stereocenters. The predicted octanol–water partition coefficient (Wildman–Crippen LogP) is 2.00. The molecule has 1 aliphatic rings. The molecule has 16 heavy (non-hydrogen) atoms. The summed E-state index contributed by atoms with van der Waals surface area (Å²) >= 11 is 0. The second-order valence-corrected chi connectivity index (χ2v) is 4.29. The van der Waals surface area contributed by atoms with E-state index in [4.69, 9.17) is 4.74 Å². The average molecular weight is 228 g/mol. The molecular weight excluding hydrogens is 204 g/mol. The number of amides is 1. The maximum atomic E-state index is 11.6. The van der Waals surface area contributed by atoms with E-state index in [2.05, 4.69) is 19.2 Å². The topological polar surface area (TPSA) is 41.6 Å². The van der Waals surface area contributed by atoms with Crippen molar-refractivity contribution in [3.63, 3.8) is 0 Å². The smallest absolute Gasteiger partial charge is 0.409 e. The molecule has 4 heteroatoms. The van der Waals surface area contributed by atoms with Crippen molar-refractivity contribution in [1.82, 2.24) is 10.2 Å². The number of likely N-dealkylation sites (tertiary alicyclic amines) is 1. The minimum atomic E-state index is -0.136. The number of piperidine rings is 1. The van der Waals surface area contributed by atoms with Crippen LogP contribution in [0.25, 0.3) is 0 Å². The van der Waals surface area contributed by atoms with Gasteiger partial charge < -0.3 is 15.0 Å². The van der Waals surface area contributed by atoms with E-state index in [1.165, 1.54) is 0 Å². The molecule has 1 heterocycles. The van der Waals surface area contributed by atoms with E-state index in [-0.39, 0.29) is 6.09 Å². The molecule has 4 nitrogen and oxygen atoms in total. The number of carbonyl (C=O) groups excluding carboxylic acids is 1. The zero-order valence-electron chi connectivity index (χ0n) is 10.5. The Morgan fingerprint density at radius 3 is 2.62 bits per heavy atom. The molecule has 0 saturated carbocycles. The Hall–Kier alpha value is -0.770. The van der Waals surface area contributed by atoms with Crippen LogP contribution in [-0.4, -0.2) is 43.3 Å². The first-order valence-corrected chi connectivity index (χ1v) is 6.43. The summed E-state index contributed by atoms with van der Waals surface area (Å²) in [4.78, 5) is 13.4. The summed E-state index contributed by atoms with van der Waals surface area (Å²) in [6.07, 6.45) is 3.96. The highest BCUT2D eigenvalue weighted by Crippen LogP contribution is 2.11. The molecule has 0 spiro atoms. The number of unbranched alkanes of at least 4 members (excludes halogenated alkanes) is 1. The standard InChI is InChI=1S/C12H24N2O2/c1-3-5-10-16-12(15)14-8-6-11(7-9-14)13-4-2/h11,13H,3-10H2,1-2H3. The molecular formula is C12H24N2O2. The highest BCUT2D eigenvalue weighted by Gasteiger charge is 2.22. The van der Waals surface area contributed by atoms with Crippen molar-refractivity contribution in [1.29, 1.82) is 0 Å². The van der Waals surface area contributed by atoms with Gasteiger partial charge in [-0.3, -0.25) is 0 Å². The quantitative estimate of drug-likeness (QED) is 0.732. The molecule has 0 aliphatic carbocycles. The maximum absolute atomic E-state index is 11.6. The van der Waals surface area contributed by atoms with Gasteiger partial charge in [0.1, 0.15) is 0 Å². The van der Waals surface area contributed by atoms with E-state index in [0.717, 1.165) is 45.3 Å². The van der Waals surface area contributed by atoms with Crippen LogP contribution >= 0.6 is 0 Å². The van der Waals surface area contributed by atoms with Crippen LogP contribution in [0.1, 0.15) is 39.5 Å². The lowest BCUT2D eigenvalue weighted by Crippen LogP contribution is -2.45. The normalized spacial score (nSPS) is 17.5. The SMILES string of the molecule is CCCCOC(=O)N1CCC(NCC)CC1. The van der Waals surface area contributed by atoms with Crippen LogP contribution < -0.4 is 5.32 Å². The van der Waals surface area contributed by atoms with Gasteiger partial charge in [0, 0.05) is 19.1 Å². The van der Waals surface area contributed by atoms with E-state index in [1.54, 1.807) is 0 Å². The Labute approximate surface area is 98.3 Å². The first-order valence-electron chi connectivity index (χ1n) is 6.43. The summed E-state index contributed by atoms with van der Waals surface area (Å²) in [5.74, 6) is 0. The van der Waals surface area contributed by atoms with Crippen molar-refractivity contribution in [2.45, 2.75) is 45.6 Å². The van der Waals surface area contributed by atoms with Crippen molar-refractivity contribution < 1.29 is 9.53 Å². The van der Waals surface area contributed by atoms with Gasteiger partial charge in [-0.05, 0) is 25.8 Å². The number of nitrogens with one attached hydrogen (secondary N) is 1. The summed E-state index contributed by atoms with van der Waals surface area (Å²) in [5, 5.41) is 3.42. The minimum absolute atomic E-state index is 0.136. The van der Waals surface area contributed by atoms with Crippen LogP contribution in [0.3, 0.4) is 0 Å². The highest BCUT2D eigenvalue weighted by atomic mass is 16.6. The molecule has 1 saturated heterocycles. The van der Waals surface area contributed by atoms with Crippen LogP contribution in [-0.2, 0) is 4.74 Å². The van der Waals surface area contributed by atoms with Gasteiger partial charge in [-0.1, -0.05) is 20.3 Å². The molecule has 0 aromatic carbocycles. The van der Waals surface area contributed by atoms with Crippen molar-refractivity contribution >= 4 is 6.09 Å². The van der Waals surface area contributed by atoms with Crippen LogP contribution in [0.5, 0.6) is 0 Å². The Morgan fingerprint density at radius 1 is 1.38 bits per heavy atom. The third-order valence-electron chi connectivity index (χ3n) is 2.97. The summed E-state index contributed by atoms with van der Waals surface area (Å²) in [6, 6.07) is 0.574. The zero-order valence-corrected chi connectivity index (χ0v) is 10.5. The molecule has 1 aliphatic heterocycles. The third-order valence-corrected chi connectivity index (χ3v) is 2.97. The number of rotatable bonds is 5. The molecule has 94 valence electrons. The summed E-state index contributed by atoms with van der Waals surface area (Å²) in [7, 11) is 0. The molecule has 1 fully saturated rings. The summed E-state index contributed by atoms with van der Waals surface area (Å²) in [6.45, 7) is 7.42. The molecule has 1 amide bonds. The van der Waals surface area contributed by atoms with Gasteiger partial charge in [-0.25, -0.2) is 4.79 Å². The van der Waals surface area contributed by atoms with Crippen molar-refractivity contribution in [2.24, 2.45) is 0 Å². The zero-order chi connectivity index (χ0) is 11.8. The number of hydrogen-bond acceptors (Lipinski definition) is 3. The fraction of sp³-hybridized carbons (Fsp3) is 0.917. The molecule has 0 aromatic rings. The van der Waals surface area contributed by atoms with Gasteiger partial charge in [0.25, 0.3) is 0 Å². The van der Waals surface area contributed by atoms with E-state index in [0.29, 0.717) is 12.6 Å². The molecule has 1 N–H and O–H groups in total. The number of ether oxygens (including phenoxy) is 1. The molecule has 0 bridgehead atoms. The largest absolute Gasteiger partial charge is 0.449 e. The summed E-state index contributed by atoms with van der Waals surface area (Å²) < 4.78 is 5.18. The third kappa shape index (κ3) is 4.39. The lowest BCUT2D eigenvalue weighted by atomic mass is 10.1. The fourth-order valence-corrected chi connectivity index (χ4v) is 1.95. The Kier molecular flexibility index (Phi) is 6.23. The van der Waals surface area contributed by atoms with E-state index in [9.17, 15) is 4.79 Å². The van der Waals surface area contributed by atoms with Gasteiger partial charge >= 0.3 is 6.09 Å². The monoisotopic (exact) mass is 228 g/mol. The lowest BCUT2D eigenvalue weighted by Gasteiger charge is -2.31. The van der Waals surface area contributed by atoms with Gasteiger partial charge in [-0.15, -0.1) is 0 Å². The second-order valence-electron chi connectivity index (χ2n) is 4.29. The number of carbonyl (C=O) groups is 1. The lowest BCUT2D eigenvalue weighted by molar-refractivity contribution is 0.0899. The fourth-order valence-electron chi connectivity index (χ4n) is 1.95. The van der Waals surface area contributed by atoms with Gasteiger partial charge in [0.05, 0.1) is 6.61 Å². The van der Waals surface area contributed by atoms with Crippen LogP contribution in [0.4, 0.5) is 4.79 Å². The van der Waals surface area contributed by atoms with Crippen molar-refractivity contribution in [3.05, 3.63) is 0 Å². The number of hydrogen-bond donors (Lipinski definition) is 1. The maximum Gasteiger partial charge on any atom is 0.409 e. The van der Waals surface area contributed by atoms with Gasteiger partial charge in [0.15, 0.2) is 0 Å². The highest BCUT2D eigenvalue weighted by molar-refractivity contribution is 5.67. The first kappa shape index (κ1) is 13.3. The molecule has 0 radical (unpaired) electrons. The van der Waals surface area contributed by atoms with E-state index < -0.39 is 0 Å². The Morgan fingerprint density at radius 2 is 2.06 bits per heavy atom. The average Bonchev–Trinajstić information content (AvgIpc) is 2.30. The Bertz CT molecular complexity index is 201. The van der Waals surface area contributed by atoms with E-state index >= 15 is 0 Å². The number of nitrogens with zero attached hydrogens (tertiary/aromatic N) is 1. The molecule has 1 rings (SSSR count). The van der Waals surface area contributed by atoms with Crippen LogP contribution in [0.15, 0.2) is 0 Å². The first-order chi connectivity index (χ1) is 7.77. The van der Waals surface area contributed by atoms with Crippen LogP contribution in [0, 0.1) is 0 Å². The van der Waals surface area contributed by atoms with Gasteiger partial charge in [-0.2, -0.15) is 0 Å². The van der Waals surface area contributed by atoms with Crippen LogP contribution in [0.2, 0.25) is 0 Å². The molecule has 0 aromatic heterocycles. The van der Waals surface area contributed by atoms with E-state index in [1.807, 2.05) is 4.90 Å². The Balaban J connectivity index is 2.17. The second kappa shape index (κ2) is 7.49. The van der Waals surface area contributed by atoms with Crippen molar-refractivity contribution in [2.75, 3.05) is 26.2 Å². The minimum Gasteiger partial charge on any atom is -0.449 e.